The fraction of sp³-hybridized carbons (Fsp3) is 0.557. The Morgan fingerprint density at radius 3 is 1.08 bits per heavy atom. The second-order valence-electron chi connectivity index (χ2n) is 16.8. The molecule has 4 nitrogen and oxygen atoms in total. The maximum Gasteiger partial charge on any atom is 0.220 e. The lowest BCUT2D eigenvalue weighted by Gasteiger charge is -2.19. The highest BCUT2D eigenvalue weighted by Gasteiger charge is 2.17. The second-order valence-corrected chi connectivity index (χ2v) is 16.8. The summed E-state index contributed by atoms with van der Waals surface area (Å²) in [6.45, 7) is 4.14. The molecule has 0 bridgehead atoms. The Hall–Kier alpha value is -3.99. The molecule has 0 spiro atoms. The Balaban J connectivity index is 3.73. The molecule has 0 saturated heterocycles. The number of hydrogen-bond donors (Lipinski definition) is 3. The summed E-state index contributed by atoms with van der Waals surface area (Å²) >= 11 is 0. The number of rotatable bonds is 45. The van der Waals surface area contributed by atoms with E-state index in [2.05, 4.69) is 165 Å². The number of amides is 1. The highest BCUT2D eigenvalue weighted by atomic mass is 16.3. The molecule has 0 radical (unpaired) electrons. The topological polar surface area (TPSA) is 69.6 Å². The largest absolute Gasteiger partial charge is 0.394 e. The molecular weight excluding hydrogens is 795 g/mol. The Kier molecular flexibility index (Phi) is 51.0. The molecule has 0 rings (SSSR count). The minimum atomic E-state index is -0.888. The van der Waals surface area contributed by atoms with E-state index in [1.807, 2.05) is 6.08 Å². The first-order chi connectivity index (χ1) is 32.2. The maximum absolute atomic E-state index is 12.4. The molecule has 2 atom stereocenters. The monoisotopic (exact) mass is 892 g/mol. The number of carbonyl (C=O) groups excluding carboxylic acids is 1. The molecule has 364 valence electrons. The highest BCUT2D eigenvalue weighted by Crippen LogP contribution is 2.11. The first-order valence-electron chi connectivity index (χ1n) is 26.2. The zero-order valence-electron chi connectivity index (χ0n) is 41.7. The standard InChI is InChI=1S/C61H97NO3/c1-3-5-7-9-11-13-15-17-19-21-22-23-24-25-26-27-28-29-30-31-32-33-34-35-36-37-38-39-40-41-43-45-47-49-51-53-55-57-61(65)62-59(58-63)60(64)56-54-52-50-48-46-44-42-20-18-16-14-12-10-8-6-4-2/h5,7,11,13,17-20,22-23,25-26,28-29,31-32,34-35,37-38,40-41,46,48,54,56,59-60,63-64H,3-4,6,8-10,12,14-16,21,24,27,30,33,36,39,42-45,47,49-53,55,57-58H2,1-2H3,(H,62,65)/b7-5-,13-11-,19-17-,20-18+,23-22-,26-25-,29-28-,32-31-,35-34-,38-37-,41-40-,48-46+,56-54+. The number of aliphatic hydroxyl groups excluding tert-OH is 2. The zero-order valence-corrected chi connectivity index (χ0v) is 41.7. The molecule has 0 aliphatic heterocycles. The molecule has 0 aromatic heterocycles. The van der Waals surface area contributed by atoms with Crippen molar-refractivity contribution < 1.29 is 15.0 Å². The van der Waals surface area contributed by atoms with Crippen LogP contribution in [0.3, 0.4) is 0 Å². The van der Waals surface area contributed by atoms with Crippen LogP contribution in [0.2, 0.25) is 0 Å². The normalized spacial score (nSPS) is 14.2. The second kappa shape index (κ2) is 54.3. The molecule has 0 aliphatic rings. The van der Waals surface area contributed by atoms with Gasteiger partial charge in [0.2, 0.25) is 5.91 Å². The first-order valence-corrected chi connectivity index (χ1v) is 26.2. The molecule has 4 heteroatoms. The van der Waals surface area contributed by atoms with Crippen molar-refractivity contribution in [3.05, 3.63) is 158 Å². The lowest BCUT2D eigenvalue weighted by atomic mass is 10.1. The Labute approximate surface area is 401 Å². The maximum atomic E-state index is 12.4. The molecule has 0 aromatic carbocycles. The average molecular weight is 892 g/mol. The fourth-order valence-electron chi connectivity index (χ4n) is 6.77. The minimum absolute atomic E-state index is 0.101. The van der Waals surface area contributed by atoms with Gasteiger partial charge in [0.25, 0.3) is 0 Å². The summed E-state index contributed by atoms with van der Waals surface area (Å²) in [6, 6.07) is -0.665. The highest BCUT2D eigenvalue weighted by molar-refractivity contribution is 5.76. The number of hydrogen-bond acceptors (Lipinski definition) is 3. The van der Waals surface area contributed by atoms with Crippen molar-refractivity contribution in [2.75, 3.05) is 6.61 Å². The predicted molar refractivity (Wildman–Crippen MR) is 289 cm³/mol. The van der Waals surface area contributed by atoms with Gasteiger partial charge in [-0.15, -0.1) is 0 Å². The van der Waals surface area contributed by atoms with Gasteiger partial charge >= 0.3 is 0 Å². The van der Waals surface area contributed by atoms with Crippen LogP contribution in [0.1, 0.15) is 200 Å². The summed E-state index contributed by atoms with van der Waals surface area (Å²) in [6.07, 6.45) is 88.0. The number of allylic oxidation sites excluding steroid dienone is 25. The van der Waals surface area contributed by atoms with Gasteiger partial charge < -0.3 is 15.5 Å². The molecule has 0 heterocycles. The van der Waals surface area contributed by atoms with Gasteiger partial charge in [-0.3, -0.25) is 4.79 Å². The van der Waals surface area contributed by atoms with Gasteiger partial charge in [0.05, 0.1) is 18.8 Å². The molecule has 0 saturated carbocycles. The smallest absolute Gasteiger partial charge is 0.220 e. The van der Waals surface area contributed by atoms with Crippen LogP contribution in [0, 0.1) is 0 Å². The van der Waals surface area contributed by atoms with E-state index in [9.17, 15) is 15.0 Å². The van der Waals surface area contributed by atoms with Gasteiger partial charge in [-0.1, -0.05) is 230 Å². The number of carbonyl (C=O) groups is 1. The van der Waals surface area contributed by atoms with Crippen LogP contribution in [0.25, 0.3) is 0 Å². The van der Waals surface area contributed by atoms with Crippen molar-refractivity contribution in [1.82, 2.24) is 5.32 Å². The van der Waals surface area contributed by atoms with Crippen molar-refractivity contribution in [3.8, 4) is 0 Å². The Bertz CT molecular complexity index is 1430. The molecular formula is C61H97NO3. The molecule has 0 aromatic rings. The number of aliphatic hydroxyl groups is 2. The lowest BCUT2D eigenvalue weighted by molar-refractivity contribution is -0.123. The molecule has 3 N–H and O–H groups in total. The summed E-state index contributed by atoms with van der Waals surface area (Å²) in [5.41, 5.74) is 0. The average Bonchev–Trinajstić information content (AvgIpc) is 3.31. The van der Waals surface area contributed by atoms with Crippen molar-refractivity contribution in [1.29, 1.82) is 0 Å². The number of unbranched alkanes of at least 4 members (excludes halogenated alkanes) is 14. The van der Waals surface area contributed by atoms with Crippen LogP contribution >= 0.6 is 0 Å². The van der Waals surface area contributed by atoms with E-state index < -0.39 is 12.1 Å². The summed E-state index contributed by atoms with van der Waals surface area (Å²) in [4.78, 5) is 12.4. The van der Waals surface area contributed by atoms with Crippen LogP contribution in [0.4, 0.5) is 0 Å². The SMILES string of the molecule is CC/C=C\C/C=C\C/C=C\C/C=C\C/C=C\C/C=C\C/C=C\C/C=C\C/C=C\C/C=C\CCCCCCCCC(=O)NC(CO)C(O)/C=C/CC/C=C/CC/C=C/CCCCCCCC. The van der Waals surface area contributed by atoms with E-state index in [0.717, 1.165) is 116 Å². The van der Waals surface area contributed by atoms with E-state index in [1.54, 1.807) is 6.08 Å². The van der Waals surface area contributed by atoms with E-state index in [0.29, 0.717) is 6.42 Å². The summed E-state index contributed by atoms with van der Waals surface area (Å²) < 4.78 is 0. The third kappa shape index (κ3) is 50.9. The van der Waals surface area contributed by atoms with Crippen molar-refractivity contribution in [2.45, 2.75) is 212 Å². The molecule has 0 fully saturated rings. The summed E-state index contributed by atoms with van der Waals surface area (Å²) in [5.74, 6) is -0.101. The first kappa shape index (κ1) is 61.0. The van der Waals surface area contributed by atoms with Crippen LogP contribution in [-0.4, -0.2) is 34.9 Å². The summed E-state index contributed by atoms with van der Waals surface area (Å²) in [5, 5.41) is 23.0. The van der Waals surface area contributed by atoms with Crippen molar-refractivity contribution >= 4 is 5.91 Å². The van der Waals surface area contributed by atoms with Crippen LogP contribution in [-0.2, 0) is 4.79 Å². The molecule has 0 aliphatic carbocycles. The van der Waals surface area contributed by atoms with E-state index >= 15 is 0 Å². The van der Waals surface area contributed by atoms with Crippen LogP contribution < -0.4 is 5.32 Å². The minimum Gasteiger partial charge on any atom is -0.394 e. The van der Waals surface area contributed by atoms with Gasteiger partial charge in [-0.2, -0.15) is 0 Å². The van der Waals surface area contributed by atoms with Crippen LogP contribution in [0.15, 0.2) is 158 Å². The van der Waals surface area contributed by atoms with Gasteiger partial charge in [-0.05, 0) is 122 Å². The third-order valence-electron chi connectivity index (χ3n) is 10.7. The molecule has 2 unspecified atom stereocenters. The lowest BCUT2D eigenvalue weighted by Crippen LogP contribution is -2.45. The van der Waals surface area contributed by atoms with E-state index in [1.165, 1.54) is 64.2 Å². The van der Waals surface area contributed by atoms with Gasteiger partial charge in [0.1, 0.15) is 0 Å². The fourth-order valence-corrected chi connectivity index (χ4v) is 6.77. The summed E-state index contributed by atoms with van der Waals surface area (Å²) in [7, 11) is 0. The Morgan fingerprint density at radius 1 is 0.385 bits per heavy atom. The quantitative estimate of drug-likeness (QED) is 0.0421. The van der Waals surface area contributed by atoms with Crippen molar-refractivity contribution in [3.63, 3.8) is 0 Å². The molecule has 1 amide bonds. The van der Waals surface area contributed by atoms with E-state index in [-0.39, 0.29) is 12.5 Å². The predicted octanol–water partition coefficient (Wildman–Crippen LogP) is 17.4. The van der Waals surface area contributed by atoms with Crippen molar-refractivity contribution in [2.24, 2.45) is 0 Å². The molecule has 65 heavy (non-hydrogen) atoms. The number of nitrogens with one attached hydrogen (secondary N) is 1. The van der Waals surface area contributed by atoms with Gasteiger partial charge in [-0.25, -0.2) is 0 Å². The Morgan fingerprint density at radius 2 is 0.692 bits per heavy atom. The zero-order chi connectivity index (χ0) is 47.0. The van der Waals surface area contributed by atoms with Crippen LogP contribution in [0.5, 0.6) is 0 Å². The van der Waals surface area contributed by atoms with Gasteiger partial charge in [0.15, 0.2) is 0 Å². The third-order valence-corrected chi connectivity index (χ3v) is 10.7. The van der Waals surface area contributed by atoms with Gasteiger partial charge in [0, 0.05) is 6.42 Å². The van der Waals surface area contributed by atoms with E-state index in [4.69, 9.17) is 0 Å².